The molecule has 0 radical (unpaired) electrons. The normalized spacial score (nSPS) is 10.3. The number of nitrogens with zero attached hydrogens (tertiary/aromatic N) is 1. The Hall–Kier alpha value is -2.30. The van der Waals surface area contributed by atoms with Crippen LogP contribution < -0.4 is 15.2 Å². The molecule has 5 heteroatoms. The van der Waals surface area contributed by atoms with Crippen molar-refractivity contribution in [3.8, 4) is 22.8 Å². The van der Waals surface area contributed by atoms with Crippen LogP contribution in [0.3, 0.4) is 0 Å². The van der Waals surface area contributed by atoms with Crippen LogP contribution in [0.1, 0.15) is 11.3 Å². The van der Waals surface area contributed by atoms with Crippen LogP contribution in [0, 0.1) is 13.8 Å². The van der Waals surface area contributed by atoms with Crippen LogP contribution in [0.2, 0.25) is 0 Å². The Bertz CT molecular complexity index is 662. The third-order valence-corrected chi connectivity index (χ3v) is 2.87. The van der Waals surface area contributed by atoms with Crippen molar-refractivity contribution in [2.75, 3.05) is 14.2 Å². The van der Waals surface area contributed by atoms with Crippen molar-refractivity contribution in [3.05, 3.63) is 39.9 Å². The molecule has 19 heavy (non-hydrogen) atoms. The topological polar surface area (TPSA) is 64.2 Å². The van der Waals surface area contributed by atoms with E-state index < -0.39 is 0 Å². The summed E-state index contributed by atoms with van der Waals surface area (Å²) in [5.41, 5.74) is 2.63. The van der Waals surface area contributed by atoms with Gasteiger partial charge in [0.25, 0.3) is 0 Å². The van der Waals surface area contributed by atoms with Gasteiger partial charge in [-0.25, -0.2) is 4.79 Å². The van der Waals surface area contributed by atoms with Crippen molar-refractivity contribution in [3.63, 3.8) is 0 Å². The molecule has 2 aromatic rings. The lowest BCUT2D eigenvalue weighted by Gasteiger charge is -2.12. The minimum absolute atomic E-state index is 0.378. The van der Waals surface area contributed by atoms with Gasteiger partial charge in [-0.3, -0.25) is 0 Å². The molecule has 1 N–H and O–H groups in total. The van der Waals surface area contributed by atoms with E-state index in [0.29, 0.717) is 11.4 Å². The Labute approximate surface area is 111 Å². The first-order valence-corrected chi connectivity index (χ1v) is 5.86. The maximum absolute atomic E-state index is 11.5. The molecule has 100 valence electrons. The highest BCUT2D eigenvalue weighted by Gasteiger charge is 2.12. The molecule has 5 nitrogen and oxygen atoms in total. The Kier molecular flexibility index (Phi) is 3.55. The molecular formula is C14H16N2O3. The standard InChI is InChI=1S/C14H16N2O3/c1-8-5-13(19-4)10(7-12(8)18-3)11-6-9(2)15-14(17)16-11/h5-7H,1-4H3,(H,15,16,17). The highest BCUT2D eigenvalue weighted by atomic mass is 16.5. The van der Waals surface area contributed by atoms with Crippen LogP contribution in [0.5, 0.6) is 11.5 Å². The van der Waals surface area contributed by atoms with E-state index in [2.05, 4.69) is 9.97 Å². The number of hydrogen-bond acceptors (Lipinski definition) is 4. The maximum atomic E-state index is 11.5. The number of aromatic nitrogens is 2. The number of benzene rings is 1. The number of hydrogen-bond donors (Lipinski definition) is 1. The predicted octanol–water partition coefficient (Wildman–Crippen LogP) is 2.07. The summed E-state index contributed by atoms with van der Waals surface area (Å²) >= 11 is 0. The number of H-pyrrole nitrogens is 1. The van der Waals surface area contributed by atoms with Crippen molar-refractivity contribution in [1.82, 2.24) is 9.97 Å². The van der Waals surface area contributed by atoms with Crippen molar-refractivity contribution in [2.45, 2.75) is 13.8 Å². The molecule has 0 saturated heterocycles. The van der Waals surface area contributed by atoms with Gasteiger partial charge in [-0.1, -0.05) is 0 Å². The molecule has 0 saturated carbocycles. The molecule has 0 spiro atoms. The molecule has 0 aliphatic rings. The van der Waals surface area contributed by atoms with Gasteiger partial charge in [-0.2, -0.15) is 4.98 Å². The lowest BCUT2D eigenvalue weighted by molar-refractivity contribution is 0.401. The Morgan fingerprint density at radius 2 is 1.74 bits per heavy atom. The van der Waals surface area contributed by atoms with Crippen molar-refractivity contribution in [1.29, 1.82) is 0 Å². The van der Waals surface area contributed by atoms with Gasteiger partial charge in [0.2, 0.25) is 0 Å². The Morgan fingerprint density at radius 3 is 2.32 bits per heavy atom. The first kappa shape index (κ1) is 13.1. The van der Waals surface area contributed by atoms with E-state index in [-0.39, 0.29) is 5.69 Å². The molecule has 1 heterocycles. The molecule has 0 aliphatic heterocycles. The Balaban J connectivity index is 2.69. The fourth-order valence-electron chi connectivity index (χ4n) is 1.97. The minimum atomic E-state index is -0.378. The van der Waals surface area contributed by atoms with Crippen molar-refractivity contribution >= 4 is 0 Å². The van der Waals surface area contributed by atoms with Crippen LogP contribution in [0.15, 0.2) is 23.0 Å². The van der Waals surface area contributed by atoms with Crippen LogP contribution >= 0.6 is 0 Å². The number of nitrogens with one attached hydrogen (secondary N) is 1. The highest BCUT2D eigenvalue weighted by Crippen LogP contribution is 2.34. The van der Waals surface area contributed by atoms with E-state index in [9.17, 15) is 4.79 Å². The van der Waals surface area contributed by atoms with Crippen molar-refractivity contribution in [2.24, 2.45) is 0 Å². The summed E-state index contributed by atoms with van der Waals surface area (Å²) in [5.74, 6) is 1.39. The second-order valence-electron chi connectivity index (χ2n) is 4.28. The van der Waals surface area contributed by atoms with Gasteiger partial charge >= 0.3 is 5.69 Å². The van der Waals surface area contributed by atoms with Gasteiger partial charge in [0.05, 0.1) is 19.9 Å². The van der Waals surface area contributed by atoms with E-state index in [1.807, 2.05) is 26.0 Å². The number of methoxy groups -OCH3 is 2. The number of aryl methyl sites for hydroxylation is 2. The second kappa shape index (κ2) is 5.14. The zero-order valence-electron chi connectivity index (χ0n) is 11.4. The Morgan fingerprint density at radius 1 is 1.05 bits per heavy atom. The fourth-order valence-corrected chi connectivity index (χ4v) is 1.97. The molecule has 0 fully saturated rings. The summed E-state index contributed by atoms with van der Waals surface area (Å²) in [7, 11) is 3.19. The van der Waals surface area contributed by atoms with Gasteiger partial charge in [-0.15, -0.1) is 0 Å². The minimum Gasteiger partial charge on any atom is -0.496 e. The lowest BCUT2D eigenvalue weighted by atomic mass is 10.1. The highest BCUT2D eigenvalue weighted by molar-refractivity contribution is 5.70. The van der Waals surface area contributed by atoms with Gasteiger partial charge in [0.15, 0.2) is 0 Å². The number of aromatic amines is 1. The van der Waals surface area contributed by atoms with Crippen molar-refractivity contribution < 1.29 is 9.47 Å². The third kappa shape index (κ3) is 2.59. The molecule has 1 aromatic carbocycles. The van der Waals surface area contributed by atoms with Gasteiger partial charge in [0, 0.05) is 11.3 Å². The smallest absolute Gasteiger partial charge is 0.345 e. The van der Waals surface area contributed by atoms with Gasteiger partial charge in [0.1, 0.15) is 11.5 Å². The molecule has 0 aliphatic carbocycles. The molecule has 0 amide bonds. The second-order valence-corrected chi connectivity index (χ2v) is 4.28. The monoisotopic (exact) mass is 260 g/mol. The maximum Gasteiger partial charge on any atom is 0.345 e. The van der Waals surface area contributed by atoms with Crippen LogP contribution in [-0.2, 0) is 0 Å². The lowest BCUT2D eigenvalue weighted by Crippen LogP contribution is -2.12. The molecule has 1 aromatic heterocycles. The first-order chi connectivity index (χ1) is 9.05. The summed E-state index contributed by atoms with van der Waals surface area (Å²) in [5, 5.41) is 0. The van der Waals surface area contributed by atoms with E-state index in [1.54, 1.807) is 20.3 Å². The predicted molar refractivity (Wildman–Crippen MR) is 72.9 cm³/mol. The molecular weight excluding hydrogens is 244 g/mol. The third-order valence-electron chi connectivity index (χ3n) is 2.87. The number of ether oxygens (including phenoxy) is 2. The fraction of sp³-hybridized carbons (Fsp3) is 0.286. The largest absolute Gasteiger partial charge is 0.496 e. The first-order valence-electron chi connectivity index (χ1n) is 5.86. The summed E-state index contributed by atoms with van der Waals surface area (Å²) in [4.78, 5) is 18.1. The van der Waals surface area contributed by atoms with Crippen LogP contribution in [0.4, 0.5) is 0 Å². The molecule has 2 rings (SSSR count). The summed E-state index contributed by atoms with van der Waals surface area (Å²) in [6.45, 7) is 3.74. The molecule has 0 bridgehead atoms. The average Bonchev–Trinajstić information content (AvgIpc) is 2.37. The zero-order chi connectivity index (χ0) is 14.0. The zero-order valence-corrected chi connectivity index (χ0v) is 11.4. The summed E-state index contributed by atoms with van der Waals surface area (Å²) in [6.07, 6.45) is 0. The number of rotatable bonds is 3. The van der Waals surface area contributed by atoms with E-state index in [1.165, 1.54) is 0 Å². The SMILES string of the molecule is COc1cc(-c2cc(C)[nH]c(=O)n2)c(OC)cc1C. The van der Waals surface area contributed by atoms with Gasteiger partial charge in [-0.05, 0) is 37.6 Å². The summed E-state index contributed by atoms with van der Waals surface area (Å²) in [6, 6.07) is 5.50. The van der Waals surface area contributed by atoms with E-state index >= 15 is 0 Å². The summed E-state index contributed by atoms with van der Waals surface area (Å²) < 4.78 is 10.6. The quantitative estimate of drug-likeness (QED) is 0.917. The molecule has 0 unspecified atom stereocenters. The average molecular weight is 260 g/mol. The van der Waals surface area contributed by atoms with E-state index in [4.69, 9.17) is 9.47 Å². The van der Waals surface area contributed by atoms with Crippen LogP contribution in [0.25, 0.3) is 11.3 Å². The van der Waals surface area contributed by atoms with Crippen LogP contribution in [-0.4, -0.2) is 24.2 Å². The van der Waals surface area contributed by atoms with Gasteiger partial charge < -0.3 is 14.5 Å². The van der Waals surface area contributed by atoms with E-state index in [0.717, 1.165) is 22.6 Å². The molecule has 0 atom stereocenters.